The van der Waals surface area contributed by atoms with Crippen LogP contribution in [0.3, 0.4) is 0 Å². The molecule has 0 fully saturated rings. The summed E-state index contributed by atoms with van der Waals surface area (Å²) < 4.78 is 5.69. The van der Waals surface area contributed by atoms with Crippen LogP contribution in [0, 0.1) is 0 Å². The van der Waals surface area contributed by atoms with Gasteiger partial charge in [-0.1, -0.05) is 30.3 Å². The molecule has 0 atom stereocenters. The minimum atomic E-state index is -0.149. The molecule has 0 aliphatic rings. The number of nitrogens with one attached hydrogen (secondary N) is 1. The Morgan fingerprint density at radius 1 is 1.19 bits per heavy atom. The molecular formula is C17H20N2O2. The first-order valence-corrected chi connectivity index (χ1v) is 6.99. The van der Waals surface area contributed by atoms with Crippen molar-refractivity contribution in [3.8, 4) is 5.75 Å². The van der Waals surface area contributed by atoms with E-state index in [1.54, 1.807) is 25.2 Å². The molecule has 0 unspecified atom stereocenters. The normalized spacial score (nSPS) is 10.1. The Morgan fingerprint density at radius 3 is 2.67 bits per heavy atom. The summed E-state index contributed by atoms with van der Waals surface area (Å²) in [4.78, 5) is 11.6. The lowest BCUT2D eigenvalue weighted by atomic mass is 10.1. The third-order valence-corrected chi connectivity index (χ3v) is 3.21. The third kappa shape index (κ3) is 4.24. The molecule has 4 heteroatoms. The highest BCUT2D eigenvalue weighted by Gasteiger charge is 2.07. The summed E-state index contributed by atoms with van der Waals surface area (Å²) >= 11 is 0. The van der Waals surface area contributed by atoms with Crippen molar-refractivity contribution in [1.29, 1.82) is 0 Å². The number of hydrogen-bond acceptors (Lipinski definition) is 3. The first kappa shape index (κ1) is 14.9. The predicted octanol–water partition coefficient (Wildman–Crippen LogP) is 2.64. The molecule has 0 bridgehead atoms. The Kier molecular flexibility index (Phi) is 5.21. The lowest BCUT2D eigenvalue weighted by molar-refractivity contribution is 0.0962. The highest BCUT2D eigenvalue weighted by Crippen LogP contribution is 2.23. The Labute approximate surface area is 124 Å². The van der Waals surface area contributed by atoms with Crippen LogP contribution in [0.25, 0.3) is 0 Å². The molecule has 0 radical (unpaired) electrons. The van der Waals surface area contributed by atoms with E-state index in [9.17, 15) is 4.79 Å². The number of rotatable bonds is 6. The van der Waals surface area contributed by atoms with E-state index < -0.39 is 0 Å². The molecular weight excluding hydrogens is 264 g/mol. The molecule has 0 saturated carbocycles. The predicted molar refractivity (Wildman–Crippen MR) is 84.5 cm³/mol. The van der Waals surface area contributed by atoms with Gasteiger partial charge >= 0.3 is 0 Å². The summed E-state index contributed by atoms with van der Waals surface area (Å²) in [6.45, 7) is 0.566. The van der Waals surface area contributed by atoms with Crippen molar-refractivity contribution in [1.82, 2.24) is 5.32 Å². The second-order valence-corrected chi connectivity index (χ2v) is 4.77. The SMILES string of the molecule is CNC(=O)c1ccc(N)c(OCCCc2ccccc2)c1. The number of anilines is 1. The number of ether oxygens (including phenoxy) is 1. The lowest BCUT2D eigenvalue weighted by Crippen LogP contribution is -2.18. The van der Waals surface area contributed by atoms with Gasteiger partial charge in [0, 0.05) is 12.6 Å². The average Bonchev–Trinajstić information content (AvgIpc) is 2.53. The van der Waals surface area contributed by atoms with Crippen molar-refractivity contribution >= 4 is 11.6 Å². The fraction of sp³-hybridized carbons (Fsp3) is 0.235. The minimum absolute atomic E-state index is 0.149. The maximum atomic E-state index is 11.6. The van der Waals surface area contributed by atoms with Crippen molar-refractivity contribution in [2.45, 2.75) is 12.8 Å². The second-order valence-electron chi connectivity index (χ2n) is 4.77. The van der Waals surface area contributed by atoms with E-state index in [0.717, 1.165) is 12.8 Å². The van der Waals surface area contributed by atoms with Gasteiger partial charge in [-0.15, -0.1) is 0 Å². The maximum Gasteiger partial charge on any atom is 0.251 e. The van der Waals surface area contributed by atoms with E-state index >= 15 is 0 Å². The molecule has 0 aromatic heterocycles. The van der Waals surface area contributed by atoms with Crippen LogP contribution in [0.5, 0.6) is 5.75 Å². The first-order chi connectivity index (χ1) is 10.2. The van der Waals surface area contributed by atoms with Crippen LogP contribution in [0.4, 0.5) is 5.69 Å². The molecule has 3 N–H and O–H groups in total. The lowest BCUT2D eigenvalue weighted by Gasteiger charge is -2.10. The number of carbonyl (C=O) groups is 1. The van der Waals surface area contributed by atoms with Crippen molar-refractivity contribution in [2.24, 2.45) is 0 Å². The number of nitrogen functional groups attached to an aromatic ring is 1. The van der Waals surface area contributed by atoms with Gasteiger partial charge in [0.1, 0.15) is 5.75 Å². The van der Waals surface area contributed by atoms with Crippen molar-refractivity contribution in [3.05, 3.63) is 59.7 Å². The van der Waals surface area contributed by atoms with Gasteiger partial charge in [-0.05, 0) is 36.6 Å². The Hall–Kier alpha value is -2.49. The molecule has 0 aliphatic carbocycles. The standard InChI is InChI=1S/C17H20N2O2/c1-19-17(20)14-9-10-15(18)16(12-14)21-11-5-8-13-6-3-2-4-7-13/h2-4,6-7,9-10,12H,5,8,11,18H2,1H3,(H,19,20). The summed E-state index contributed by atoms with van der Waals surface area (Å²) in [5, 5.41) is 2.58. The van der Waals surface area contributed by atoms with Crippen LogP contribution in [0.15, 0.2) is 48.5 Å². The van der Waals surface area contributed by atoms with Gasteiger partial charge < -0.3 is 15.8 Å². The second kappa shape index (κ2) is 7.33. The molecule has 1 amide bonds. The molecule has 0 heterocycles. The Bertz CT molecular complexity index is 597. The quantitative estimate of drug-likeness (QED) is 0.633. The van der Waals surface area contributed by atoms with E-state index in [0.29, 0.717) is 23.6 Å². The van der Waals surface area contributed by atoms with Gasteiger partial charge in [0.15, 0.2) is 0 Å². The fourth-order valence-corrected chi connectivity index (χ4v) is 2.05. The summed E-state index contributed by atoms with van der Waals surface area (Å²) in [6.07, 6.45) is 1.85. The monoisotopic (exact) mass is 284 g/mol. The third-order valence-electron chi connectivity index (χ3n) is 3.21. The zero-order chi connectivity index (χ0) is 15.1. The molecule has 21 heavy (non-hydrogen) atoms. The Balaban J connectivity index is 1.89. The van der Waals surface area contributed by atoms with E-state index in [-0.39, 0.29) is 5.91 Å². The van der Waals surface area contributed by atoms with E-state index in [1.165, 1.54) is 5.56 Å². The summed E-state index contributed by atoms with van der Waals surface area (Å²) in [6, 6.07) is 15.3. The number of hydrogen-bond donors (Lipinski definition) is 2. The number of nitrogens with two attached hydrogens (primary N) is 1. The van der Waals surface area contributed by atoms with Crippen LogP contribution in [0.1, 0.15) is 22.3 Å². The molecule has 4 nitrogen and oxygen atoms in total. The highest BCUT2D eigenvalue weighted by atomic mass is 16.5. The van der Waals surface area contributed by atoms with Crippen LogP contribution < -0.4 is 15.8 Å². The maximum absolute atomic E-state index is 11.6. The topological polar surface area (TPSA) is 64.4 Å². The van der Waals surface area contributed by atoms with Crippen LogP contribution >= 0.6 is 0 Å². The van der Waals surface area contributed by atoms with Gasteiger partial charge in [-0.2, -0.15) is 0 Å². The van der Waals surface area contributed by atoms with E-state index in [4.69, 9.17) is 10.5 Å². The smallest absolute Gasteiger partial charge is 0.251 e. The summed E-state index contributed by atoms with van der Waals surface area (Å²) in [7, 11) is 1.60. The zero-order valence-corrected chi connectivity index (χ0v) is 12.1. The molecule has 0 saturated heterocycles. The van der Waals surface area contributed by atoms with Crippen LogP contribution in [-0.2, 0) is 6.42 Å². The minimum Gasteiger partial charge on any atom is -0.491 e. The number of benzene rings is 2. The molecule has 0 aliphatic heterocycles. The van der Waals surface area contributed by atoms with Crippen molar-refractivity contribution in [3.63, 3.8) is 0 Å². The van der Waals surface area contributed by atoms with Gasteiger partial charge in [0.25, 0.3) is 5.91 Å². The van der Waals surface area contributed by atoms with Crippen molar-refractivity contribution < 1.29 is 9.53 Å². The number of aryl methyl sites for hydroxylation is 1. The molecule has 0 spiro atoms. The first-order valence-electron chi connectivity index (χ1n) is 6.99. The van der Waals surface area contributed by atoms with Gasteiger partial charge in [0.05, 0.1) is 12.3 Å². The fourth-order valence-electron chi connectivity index (χ4n) is 2.05. The molecule has 2 rings (SSSR count). The number of amides is 1. The number of carbonyl (C=O) groups excluding carboxylic acids is 1. The summed E-state index contributed by atoms with van der Waals surface area (Å²) in [5.74, 6) is 0.410. The van der Waals surface area contributed by atoms with Crippen molar-refractivity contribution in [2.75, 3.05) is 19.4 Å². The van der Waals surface area contributed by atoms with E-state index in [2.05, 4.69) is 17.4 Å². The van der Waals surface area contributed by atoms with Gasteiger partial charge in [-0.3, -0.25) is 4.79 Å². The highest BCUT2D eigenvalue weighted by molar-refractivity contribution is 5.95. The largest absolute Gasteiger partial charge is 0.491 e. The zero-order valence-electron chi connectivity index (χ0n) is 12.1. The van der Waals surface area contributed by atoms with Crippen LogP contribution in [-0.4, -0.2) is 19.6 Å². The van der Waals surface area contributed by atoms with Crippen LogP contribution in [0.2, 0.25) is 0 Å². The van der Waals surface area contributed by atoms with Gasteiger partial charge in [0.2, 0.25) is 0 Å². The Morgan fingerprint density at radius 2 is 1.95 bits per heavy atom. The average molecular weight is 284 g/mol. The van der Waals surface area contributed by atoms with Gasteiger partial charge in [-0.25, -0.2) is 0 Å². The molecule has 2 aromatic carbocycles. The molecule has 110 valence electrons. The summed E-state index contributed by atoms with van der Waals surface area (Å²) in [5.41, 5.74) is 8.24. The molecule has 2 aromatic rings. The van der Waals surface area contributed by atoms with E-state index in [1.807, 2.05) is 18.2 Å².